The number of sulfone groups is 1. The zero-order chi connectivity index (χ0) is 20.0. The maximum absolute atomic E-state index is 13.8. The maximum Gasteiger partial charge on any atom is 0.233 e. The molecule has 1 saturated heterocycles. The second-order valence-corrected chi connectivity index (χ2v) is 10.8. The van der Waals surface area contributed by atoms with Crippen molar-refractivity contribution in [3.8, 4) is 6.07 Å². The maximum atomic E-state index is 13.8. The lowest BCUT2D eigenvalue weighted by Crippen LogP contribution is -2.51. The van der Waals surface area contributed by atoms with E-state index in [1.165, 1.54) is 18.4 Å². The summed E-state index contributed by atoms with van der Waals surface area (Å²) in [5.41, 5.74) is -0.801. The molecule has 0 N–H and O–H groups in total. The fourth-order valence-corrected chi connectivity index (χ4v) is 5.73. The number of benzene rings is 1. The Hall–Kier alpha value is -1.94. The Balaban J connectivity index is 2.03. The molecule has 0 radical (unpaired) electrons. The van der Waals surface area contributed by atoms with Gasteiger partial charge in [0.1, 0.15) is 11.9 Å². The van der Waals surface area contributed by atoms with Crippen LogP contribution in [0.15, 0.2) is 18.2 Å². The van der Waals surface area contributed by atoms with Gasteiger partial charge in [-0.15, -0.1) is 0 Å². The molecule has 1 amide bonds. The summed E-state index contributed by atoms with van der Waals surface area (Å²) in [6, 6.07) is 6.17. The van der Waals surface area contributed by atoms with Crippen LogP contribution in [0.3, 0.4) is 0 Å². The molecule has 7 heteroatoms. The standard InChI is InChI=1S/C20H25FN2O3S/c1-19(2)11-16(27(3,25)26)13-23(19)18(24)20(8-4-5-9-20)15-6-7-17(21)14(10-15)12-22/h6-7,10,16H,4-5,8-9,11,13H2,1-3H3. The first-order valence-electron chi connectivity index (χ1n) is 9.22. The van der Waals surface area contributed by atoms with Gasteiger partial charge in [0.05, 0.1) is 16.2 Å². The first kappa shape index (κ1) is 19.8. The molecular weight excluding hydrogens is 367 g/mol. The molecule has 1 aliphatic heterocycles. The van der Waals surface area contributed by atoms with Gasteiger partial charge >= 0.3 is 0 Å². The van der Waals surface area contributed by atoms with E-state index in [0.717, 1.165) is 12.8 Å². The second kappa shape index (κ2) is 6.59. The summed E-state index contributed by atoms with van der Waals surface area (Å²) >= 11 is 0. The number of nitriles is 1. The van der Waals surface area contributed by atoms with E-state index in [1.807, 2.05) is 19.9 Å². The highest BCUT2D eigenvalue weighted by molar-refractivity contribution is 7.91. The van der Waals surface area contributed by atoms with Crippen molar-refractivity contribution in [3.63, 3.8) is 0 Å². The van der Waals surface area contributed by atoms with E-state index in [4.69, 9.17) is 0 Å². The Labute approximate surface area is 160 Å². The second-order valence-electron chi connectivity index (χ2n) is 8.48. The number of nitrogens with zero attached hydrogens (tertiary/aromatic N) is 2. The first-order valence-corrected chi connectivity index (χ1v) is 11.2. The van der Waals surface area contributed by atoms with Gasteiger partial charge in [-0.3, -0.25) is 4.79 Å². The third kappa shape index (κ3) is 3.36. The molecule has 1 heterocycles. The van der Waals surface area contributed by atoms with Crippen LogP contribution in [0.25, 0.3) is 0 Å². The van der Waals surface area contributed by atoms with Gasteiger partial charge in [-0.05, 0) is 50.8 Å². The number of rotatable bonds is 3. The number of carbonyl (C=O) groups is 1. The van der Waals surface area contributed by atoms with Gasteiger partial charge in [0.25, 0.3) is 0 Å². The minimum Gasteiger partial charge on any atom is -0.335 e. The lowest BCUT2D eigenvalue weighted by atomic mass is 9.76. The van der Waals surface area contributed by atoms with Crippen molar-refractivity contribution in [3.05, 3.63) is 35.1 Å². The molecule has 27 heavy (non-hydrogen) atoms. The number of likely N-dealkylation sites (tertiary alicyclic amines) is 1. The van der Waals surface area contributed by atoms with Gasteiger partial charge < -0.3 is 4.90 Å². The summed E-state index contributed by atoms with van der Waals surface area (Å²) < 4.78 is 37.9. The quantitative estimate of drug-likeness (QED) is 0.792. The normalized spacial score (nSPS) is 24.0. The molecule has 0 spiro atoms. The van der Waals surface area contributed by atoms with E-state index < -0.39 is 31.9 Å². The van der Waals surface area contributed by atoms with Crippen LogP contribution in [-0.2, 0) is 20.0 Å². The molecule has 1 unspecified atom stereocenters. The minimum absolute atomic E-state index is 0.0683. The average Bonchev–Trinajstić information content (AvgIpc) is 3.19. The SMILES string of the molecule is CC1(C)CC(S(C)(=O)=O)CN1C(=O)C1(c2ccc(F)c(C#N)c2)CCCC1. The molecular formula is C20H25FN2O3S. The van der Waals surface area contributed by atoms with Gasteiger partial charge in [-0.25, -0.2) is 12.8 Å². The molecule has 146 valence electrons. The Morgan fingerprint density at radius 1 is 1.30 bits per heavy atom. The molecule has 2 aliphatic rings. The van der Waals surface area contributed by atoms with Crippen molar-refractivity contribution in [1.82, 2.24) is 4.90 Å². The van der Waals surface area contributed by atoms with E-state index in [-0.39, 0.29) is 18.0 Å². The fraction of sp³-hybridized carbons (Fsp3) is 0.600. The lowest BCUT2D eigenvalue weighted by Gasteiger charge is -2.39. The summed E-state index contributed by atoms with van der Waals surface area (Å²) in [4.78, 5) is 15.4. The molecule has 5 nitrogen and oxygen atoms in total. The van der Waals surface area contributed by atoms with Gasteiger partial charge in [0, 0.05) is 18.3 Å². The summed E-state index contributed by atoms with van der Waals surface area (Å²) in [6.07, 6.45) is 4.60. The van der Waals surface area contributed by atoms with E-state index in [0.29, 0.717) is 24.8 Å². The average molecular weight is 392 g/mol. The van der Waals surface area contributed by atoms with Gasteiger partial charge in [0.15, 0.2) is 9.84 Å². The van der Waals surface area contributed by atoms with Crippen LogP contribution in [0, 0.1) is 17.1 Å². The number of hydrogen-bond acceptors (Lipinski definition) is 4. The van der Waals surface area contributed by atoms with Crippen LogP contribution >= 0.6 is 0 Å². The Morgan fingerprint density at radius 3 is 2.44 bits per heavy atom. The minimum atomic E-state index is -3.25. The first-order chi connectivity index (χ1) is 12.5. The van der Waals surface area contributed by atoms with Gasteiger partial charge in [-0.2, -0.15) is 5.26 Å². The molecule has 1 aliphatic carbocycles. The molecule has 2 fully saturated rings. The van der Waals surface area contributed by atoms with Crippen LogP contribution in [0.2, 0.25) is 0 Å². The number of halogens is 1. The smallest absolute Gasteiger partial charge is 0.233 e. The molecule has 1 aromatic carbocycles. The topological polar surface area (TPSA) is 78.2 Å². The van der Waals surface area contributed by atoms with Crippen molar-refractivity contribution in [2.75, 3.05) is 12.8 Å². The summed E-state index contributed by atoms with van der Waals surface area (Å²) in [5.74, 6) is -0.702. The molecule has 1 aromatic rings. The van der Waals surface area contributed by atoms with Crippen molar-refractivity contribution >= 4 is 15.7 Å². The third-order valence-corrected chi connectivity index (χ3v) is 7.73. The van der Waals surface area contributed by atoms with Crippen molar-refractivity contribution in [1.29, 1.82) is 5.26 Å². The van der Waals surface area contributed by atoms with Crippen LogP contribution in [0.4, 0.5) is 4.39 Å². The summed E-state index contributed by atoms with van der Waals surface area (Å²) in [5, 5.41) is 8.60. The molecule has 1 atom stereocenters. The Morgan fingerprint density at radius 2 is 1.93 bits per heavy atom. The van der Waals surface area contributed by atoms with E-state index in [2.05, 4.69) is 0 Å². The van der Waals surface area contributed by atoms with E-state index in [9.17, 15) is 22.9 Å². The predicted octanol–water partition coefficient (Wildman–Crippen LogP) is 2.93. The molecule has 1 saturated carbocycles. The fourth-order valence-electron chi connectivity index (χ4n) is 4.60. The monoisotopic (exact) mass is 392 g/mol. The highest BCUT2D eigenvalue weighted by atomic mass is 32.2. The molecule has 0 bridgehead atoms. The van der Waals surface area contributed by atoms with E-state index in [1.54, 1.807) is 11.0 Å². The van der Waals surface area contributed by atoms with Crippen LogP contribution in [0.5, 0.6) is 0 Å². The number of carbonyl (C=O) groups excluding carboxylic acids is 1. The number of hydrogen-bond donors (Lipinski definition) is 0. The Kier molecular flexibility index (Phi) is 4.84. The van der Waals surface area contributed by atoms with Crippen LogP contribution in [0.1, 0.15) is 57.1 Å². The highest BCUT2D eigenvalue weighted by Crippen LogP contribution is 2.46. The van der Waals surface area contributed by atoms with Crippen LogP contribution < -0.4 is 0 Å². The summed E-state index contributed by atoms with van der Waals surface area (Å²) in [6.45, 7) is 3.97. The number of amides is 1. The van der Waals surface area contributed by atoms with Crippen molar-refractivity contribution in [2.45, 2.75) is 62.2 Å². The third-order valence-electron chi connectivity index (χ3n) is 6.20. The predicted molar refractivity (Wildman–Crippen MR) is 100 cm³/mol. The highest BCUT2D eigenvalue weighted by Gasteiger charge is 2.52. The van der Waals surface area contributed by atoms with Crippen molar-refractivity contribution < 1.29 is 17.6 Å². The molecule has 0 aromatic heterocycles. The van der Waals surface area contributed by atoms with Crippen molar-refractivity contribution in [2.24, 2.45) is 0 Å². The van der Waals surface area contributed by atoms with Crippen LogP contribution in [-0.4, -0.2) is 42.8 Å². The van der Waals surface area contributed by atoms with Gasteiger partial charge in [0.2, 0.25) is 5.91 Å². The Bertz CT molecular complexity index is 912. The lowest BCUT2D eigenvalue weighted by molar-refractivity contribution is -0.140. The summed E-state index contributed by atoms with van der Waals surface area (Å²) in [7, 11) is -3.25. The molecule has 3 rings (SSSR count). The van der Waals surface area contributed by atoms with E-state index >= 15 is 0 Å². The zero-order valence-corrected chi connectivity index (χ0v) is 16.8. The zero-order valence-electron chi connectivity index (χ0n) is 16.0. The van der Waals surface area contributed by atoms with Gasteiger partial charge in [-0.1, -0.05) is 18.9 Å². The largest absolute Gasteiger partial charge is 0.335 e.